The maximum atomic E-state index is 4.85. The highest BCUT2D eigenvalue weighted by molar-refractivity contribution is 14.0. The number of hydrogen-bond acceptors (Lipinski definition) is 6. The average Bonchev–Trinajstić information content (AvgIpc) is 3.33. The zero-order chi connectivity index (χ0) is 19.9. The van der Waals surface area contributed by atoms with E-state index in [1.54, 1.807) is 29.5 Å². The minimum absolute atomic E-state index is 0. The van der Waals surface area contributed by atoms with Crippen LogP contribution in [0, 0.1) is 0 Å². The van der Waals surface area contributed by atoms with Crippen LogP contribution in [-0.2, 0) is 6.54 Å². The predicted molar refractivity (Wildman–Crippen MR) is 127 cm³/mol. The maximum absolute atomic E-state index is 4.85. The number of anilines is 1. The molecule has 1 aliphatic rings. The summed E-state index contributed by atoms with van der Waals surface area (Å²) in [5, 5.41) is 7.65. The summed E-state index contributed by atoms with van der Waals surface area (Å²) in [6, 6.07) is 7.73. The average molecular weight is 519 g/mol. The van der Waals surface area contributed by atoms with Gasteiger partial charge in [0.1, 0.15) is 0 Å². The van der Waals surface area contributed by atoms with Crippen LogP contribution in [0.25, 0.3) is 5.82 Å². The van der Waals surface area contributed by atoms with Crippen molar-refractivity contribution in [2.24, 2.45) is 4.99 Å². The van der Waals surface area contributed by atoms with E-state index in [4.69, 9.17) is 4.99 Å². The Morgan fingerprint density at radius 1 is 1.03 bits per heavy atom. The molecule has 0 atom stereocenters. The van der Waals surface area contributed by atoms with E-state index >= 15 is 0 Å². The van der Waals surface area contributed by atoms with Gasteiger partial charge in [0.15, 0.2) is 11.8 Å². The van der Waals surface area contributed by atoms with Crippen LogP contribution in [0.4, 0.5) is 5.95 Å². The number of aromatic nitrogens is 5. The molecule has 158 valence electrons. The molecule has 3 aromatic heterocycles. The Hall–Kier alpha value is -2.76. The van der Waals surface area contributed by atoms with Crippen LogP contribution in [0.5, 0.6) is 0 Å². The molecule has 1 saturated heterocycles. The van der Waals surface area contributed by atoms with Crippen molar-refractivity contribution in [2.45, 2.75) is 13.5 Å². The fourth-order valence-electron chi connectivity index (χ4n) is 3.25. The smallest absolute Gasteiger partial charge is 0.225 e. The molecule has 0 aliphatic carbocycles. The van der Waals surface area contributed by atoms with Gasteiger partial charge in [0.05, 0.1) is 6.54 Å². The molecule has 0 bridgehead atoms. The predicted octanol–water partition coefficient (Wildman–Crippen LogP) is 1.96. The molecule has 4 heterocycles. The van der Waals surface area contributed by atoms with Crippen molar-refractivity contribution in [1.82, 2.24) is 34.9 Å². The molecule has 10 heteroatoms. The standard InChI is InChI=1S/C20H25N9.HI/c1-2-21-19(27-11-13-28(14-12-27)20-23-6-3-7-24-20)25-16-17-5-9-22-18(15-17)29-10-4-8-26-29;/h3-10,15H,2,11-14,16H2,1H3,(H,21,25);1H. The summed E-state index contributed by atoms with van der Waals surface area (Å²) in [4.78, 5) is 22.4. The molecular weight excluding hydrogens is 493 g/mol. The minimum atomic E-state index is 0. The van der Waals surface area contributed by atoms with Crippen molar-refractivity contribution in [3.05, 3.63) is 60.8 Å². The van der Waals surface area contributed by atoms with Crippen LogP contribution in [0.15, 0.2) is 60.2 Å². The van der Waals surface area contributed by atoms with Crippen molar-refractivity contribution in [3.63, 3.8) is 0 Å². The molecule has 3 aromatic rings. The second-order valence-corrected chi connectivity index (χ2v) is 6.67. The number of guanidine groups is 1. The number of piperazine rings is 1. The molecule has 0 aromatic carbocycles. The molecule has 4 rings (SSSR count). The van der Waals surface area contributed by atoms with Crippen LogP contribution in [0.1, 0.15) is 12.5 Å². The van der Waals surface area contributed by atoms with Gasteiger partial charge >= 0.3 is 0 Å². The van der Waals surface area contributed by atoms with Gasteiger partial charge in [-0.2, -0.15) is 5.10 Å². The highest BCUT2D eigenvalue weighted by atomic mass is 127. The molecular formula is C20H26IN9. The van der Waals surface area contributed by atoms with Crippen LogP contribution < -0.4 is 10.2 Å². The van der Waals surface area contributed by atoms with Gasteiger partial charge in [-0.25, -0.2) is 24.6 Å². The van der Waals surface area contributed by atoms with Gasteiger partial charge in [-0.15, -0.1) is 24.0 Å². The summed E-state index contributed by atoms with van der Waals surface area (Å²) in [5.74, 6) is 2.51. The zero-order valence-corrected chi connectivity index (χ0v) is 19.3. The van der Waals surface area contributed by atoms with E-state index in [0.29, 0.717) is 6.54 Å². The normalized spacial score (nSPS) is 14.4. The zero-order valence-electron chi connectivity index (χ0n) is 16.9. The molecule has 0 radical (unpaired) electrons. The van der Waals surface area contributed by atoms with E-state index in [2.05, 4.69) is 42.1 Å². The maximum Gasteiger partial charge on any atom is 0.225 e. The molecule has 1 N–H and O–H groups in total. The first kappa shape index (κ1) is 21.9. The monoisotopic (exact) mass is 519 g/mol. The summed E-state index contributed by atoms with van der Waals surface area (Å²) in [7, 11) is 0. The molecule has 9 nitrogen and oxygen atoms in total. The summed E-state index contributed by atoms with van der Waals surface area (Å²) in [6.07, 6.45) is 9.00. The van der Waals surface area contributed by atoms with Gasteiger partial charge in [-0.1, -0.05) is 0 Å². The third-order valence-electron chi connectivity index (χ3n) is 4.71. The summed E-state index contributed by atoms with van der Waals surface area (Å²) >= 11 is 0. The second kappa shape index (κ2) is 10.9. The Balaban J connectivity index is 0.00000256. The Morgan fingerprint density at radius 3 is 2.53 bits per heavy atom. The first-order valence-electron chi connectivity index (χ1n) is 9.83. The van der Waals surface area contributed by atoms with Gasteiger partial charge in [-0.05, 0) is 36.8 Å². The number of hydrogen-bond donors (Lipinski definition) is 1. The molecule has 1 fully saturated rings. The number of nitrogens with zero attached hydrogens (tertiary/aromatic N) is 8. The molecule has 1 aliphatic heterocycles. The molecule has 30 heavy (non-hydrogen) atoms. The fraction of sp³-hybridized carbons (Fsp3) is 0.350. The topological polar surface area (TPSA) is 87.4 Å². The van der Waals surface area contributed by atoms with Crippen LogP contribution in [-0.4, -0.2) is 68.3 Å². The van der Waals surface area contributed by atoms with E-state index in [1.807, 2.05) is 30.5 Å². The number of aliphatic imine (C=N–C) groups is 1. The number of nitrogens with one attached hydrogen (secondary N) is 1. The fourth-order valence-corrected chi connectivity index (χ4v) is 3.25. The van der Waals surface area contributed by atoms with Crippen molar-refractivity contribution in [2.75, 3.05) is 37.6 Å². The number of rotatable bonds is 5. The lowest BCUT2D eigenvalue weighted by molar-refractivity contribution is 0.370. The van der Waals surface area contributed by atoms with E-state index < -0.39 is 0 Å². The Labute approximate surface area is 193 Å². The Kier molecular flexibility index (Phi) is 7.94. The number of halogens is 1. The number of pyridine rings is 1. The molecule has 0 amide bonds. The third-order valence-corrected chi connectivity index (χ3v) is 4.71. The van der Waals surface area contributed by atoms with Crippen molar-refractivity contribution in [1.29, 1.82) is 0 Å². The van der Waals surface area contributed by atoms with Gasteiger partial charge in [0.2, 0.25) is 5.95 Å². The third kappa shape index (κ3) is 5.43. The molecule has 0 saturated carbocycles. The highest BCUT2D eigenvalue weighted by Crippen LogP contribution is 2.11. The summed E-state index contributed by atoms with van der Waals surface area (Å²) < 4.78 is 1.75. The van der Waals surface area contributed by atoms with Crippen LogP contribution >= 0.6 is 24.0 Å². The van der Waals surface area contributed by atoms with Crippen molar-refractivity contribution >= 4 is 35.9 Å². The largest absolute Gasteiger partial charge is 0.357 e. The van der Waals surface area contributed by atoms with Crippen molar-refractivity contribution in [3.8, 4) is 5.82 Å². The lowest BCUT2D eigenvalue weighted by Crippen LogP contribution is -2.52. The lowest BCUT2D eigenvalue weighted by atomic mass is 10.2. The Bertz CT molecular complexity index is 922. The van der Waals surface area contributed by atoms with Crippen LogP contribution in [0.2, 0.25) is 0 Å². The van der Waals surface area contributed by atoms with Crippen LogP contribution in [0.3, 0.4) is 0 Å². The lowest BCUT2D eigenvalue weighted by Gasteiger charge is -2.36. The van der Waals surface area contributed by atoms with E-state index in [9.17, 15) is 0 Å². The minimum Gasteiger partial charge on any atom is -0.357 e. The van der Waals surface area contributed by atoms with E-state index in [1.165, 1.54) is 0 Å². The van der Waals surface area contributed by atoms with E-state index in [-0.39, 0.29) is 24.0 Å². The van der Waals surface area contributed by atoms with Gasteiger partial charge < -0.3 is 15.1 Å². The van der Waals surface area contributed by atoms with Crippen molar-refractivity contribution < 1.29 is 0 Å². The van der Waals surface area contributed by atoms with Gasteiger partial charge in [-0.3, -0.25) is 0 Å². The van der Waals surface area contributed by atoms with Gasteiger partial charge in [0, 0.05) is 63.7 Å². The molecule has 0 unspecified atom stereocenters. The molecule has 0 spiro atoms. The van der Waals surface area contributed by atoms with E-state index in [0.717, 1.165) is 56.0 Å². The SMILES string of the molecule is CCNC(=NCc1ccnc(-n2cccn2)c1)N1CCN(c2ncccn2)CC1.I. The highest BCUT2D eigenvalue weighted by Gasteiger charge is 2.21. The van der Waals surface area contributed by atoms with Gasteiger partial charge in [0.25, 0.3) is 0 Å². The summed E-state index contributed by atoms with van der Waals surface area (Å²) in [6.45, 7) is 6.99. The second-order valence-electron chi connectivity index (χ2n) is 6.67. The first-order valence-corrected chi connectivity index (χ1v) is 9.83. The first-order chi connectivity index (χ1) is 14.3. The Morgan fingerprint density at radius 2 is 1.83 bits per heavy atom. The summed E-state index contributed by atoms with van der Waals surface area (Å²) in [5.41, 5.74) is 1.09. The quantitative estimate of drug-likeness (QED) is 0.313.